The van der Waals surface area contributed by atoms with Crippen LogP contribution in [0.2, 0.25) is 0 Å². The molecule has 0 heterocycles. The molecule has 18 heavy (non-hydrogen) atoms. The molecule has 0 bridgehead atoms. The van der Waals surface area contributed by atoms with Gasteiger partial charge in [-0.1, -0.05) is 0 Å². The molecule has 0 atom stereocenters. The van der Waals surface area contributed by atoms with E-state index in [-0.39, 0.29) is 51.2 Å². The van der Waals surface area contributed by atoms with E-state index >= 15 is 0 Å². The molecule has 2 radical (unpaired) electrons. The summed E-state index contributed by atoms with van der Waals surface area (Å²) >= 11 is 0. The van der Waals surface area contributed by atoms with Crippen molar-refractivity contribution in [1.82, 2.24) is 0 Å². The van der Waals surface area contributed by atoms with Gasteiger partial charge in [-0.15, -0.1) is 0 Å². The molecule has 0 fully saturated rings. The summed E-state index contributed by atoms with van der Waals surface area (Å²) in [6, 6.07) is 0. The van der Waals surface area contributed by atoms with Crippen molar-refractivity contribution in [3.05, 3.63) is 0 Å². The Kier molecular flexibility index (Phi) is 29.5. The molecule has 18 heteroatoms. The fourth-order valence-electron chi connectivity index (χ4n) is 0. The van der Waals surface area contributed by atoms with E-state index in [0.717, 1.165) is 0 Å². The first-order chi connectivity index (χ1) is 6.00. The fourth-order valence-corrected chi connectivity index (χ4v) is 0. The van der Waals surface area contributed by atoms with Gasteiger partial charge < -0.3 is 27.3 Å². The Morgan fingerprint density at radius 1 is 0.444 bits per heavy atom. The summed E-state index contributed by atoms with van der Waals surface area (Å²) in [6.07, 6.45) is 0. The molecule has 0 unspecified atom stereocenters. The summed E-state index contributed by atoms with van der Waals surface area (Å²) < 4.78 is 102. The first kappa shape index (κ1) is 36.5. The van der Waals surface area contributed by atoms with Crippen LogP contribution in [0.4, 0.5) is 0 Å². The Bertz CT molecular complexity index is 343. The van der Waals surface area contributed by atoms with E-state index in [1.165, 1.54) is 0 Å². The minimum absolute atomic E-state index is 0. The second-order valence-corrected chi connectivity index (χ2v) is 3.67. The largest absolute Gasteiger partial charge is 3.00 e. The fraction of sp³-hybridized carbons (Fsp3) is 0. The molecule has 12 nitrogen and oxygen atoms in total. The van der Waals surface area contributed by atoms with Crippen LogP contribution < -0.4 is 0 Å². The summed E-state index contributed by atoms with van der Waals surface area (Å²) in [5, 5.41) is 0. The van der Waals surface area contributed by atoms with Crippen LogP contribution in [0.1, 0.15) is 0 Å². The minimum atomic E-state index is -5.17. The van der Waals surface area contributed by atoms with Crippen LogP contribution in [-0.2, 0) is 82.4 Å². The van der Waals surface area contributed by atoms with Crippen molar-refractivity contribution in [2.24, 2.45) is 0 Å². The molecule has 0 aromatic rings. The van der Waals surface area contributed by atoms with E-state index in [9.17, 15) is 0 Å². The topological polar surface area (TPSA) is 241 Å². The van der Waals surface area contributed by atoms with Crippen LogP contribution in [0.25, 0.3) is 0 Å². The summed E-state index contributed by atoms with van der Waals surface area (Å²) in [5.74, 6) is 0. The molecule has 0 N–H and O–H groups in total. The van der Waals surface area contributed by atoms with Gasteiger partial charge in [0.15, 0.2) is 0 Å². The van der Waals surface area contributed by atoms with Crippen LogP contribution in [0.15, 0.2) is 0 Å². The van der Waals surface area contributed by atoms with E-state index in [1.54, 1.807) is 0 Å². The van der Waals surface area contributed by atoms with Gasteiger partial charge in [-0.25, -0.2) is 0 Å². The van der Waals surface area contributed by atoms with Crippen molar-refractivity contribution in [3.63, 3.8) is 0 Å². The standard InChI is InChI=1S/3Fe.3H2O4S/c;;;3*1-5(2,3)4/h;;;3*(H2,1,2,3,4)/q;2*+3;;;/p-6. The Morgan fingerprint density at radius 2 is 0.444 bits per heavy atom. The quantitative estimate of drug-likeness (QED) is 0.192. The van der Waals surface area contributed by atoms with Crippen molar-refractivity contribution in [2.45, 2.75) is 0 Å². The van der Waals surface area contributed by atoms with Gasteiger partial charge in [-0.3, -0.25) is 25.3 Å². The minimum Gasteiger partial charge on any atom is -0.759 e. The summed E-state index contributed by atoms with van der Waals surface area (Å²) in [7, 11) is -15.5. The molecule has 0 aliphatic rings. The van der Waals surface area contributed by atoms with E-state index in [0.29, 0.717) is 0 Å². The maximum Gasteiger partial charge on any atom is 3.00 e. The van der Waals surface area contributed by atoms with Crippen molar-refractivity contribution >= 4 is 31.2 Å². The molecule has 0 rings (SSSR count). The van der Waals surface area contributed by atoms with Crippen molar-refractivity contribution in [1.29, 1.82) is 0 Å². The molecule has 114 valence electrons. The maximum atomic E-state index is 8.52. The van der Waals surface area contributed by atoms with E-state index in [4.69, 9.17) is 52.6 Å². The van der Waals surface area contributed by atoms with Gasteiger partial charge in [0.2, 0.25) is 0 Å². The van der Waals surface area contributed by atoms with Gasteiger partial charge in [-0.05, 0) is 0 Å². The first-order valence-electron chi connectivity index (χ1n) is 2.00. The number of hydrogen-bond acceptors (Lipinski definition) is 12. The second-order valence-electron chi connectivity index (χ2n) is 1.22. The normalized spacial score (nSPS) is 9.67. The van der Waals surface area contributed by atoms with Gasteiger partial charge in [-0.2, -0.15) is 0 Å². The van der Waals surface area contributed by atoms with Crippen LogP contribution >= 0.6 is 0 Å². The predicted octanol–water partition coefficient (Wildman–Crippen LogP) is -4.02. The van der Waals surface area contributed by atoms with Crippen LogP contribution in [0.5, 0.6) is 0 Å². The van der Waals surface area contributed by atoms with Gasteiger partial charge in [0.1, 0.15) is 0 Å². The Hall–Kier alpha value is 1.17. The monoisotopic (exact) mass is 456 g/mol. The Morgan fingerprint density at radius 3 is 0.444 bits per heavy atom. The Labute approximate surface area is 134 Å². The molecule has 0 spiro atoms. The third kappa shape index (κ3) is 3290. The van der Waals surface area contributed by atoms with Crippen LogP contribution in [-0.4, -0.2) is 52.6 Å². The molecule has 0 aromatic carbocycles. The summed E-state index contributed by atoms with van der Waals surface area (Å²) in [5.41, 5.74) is 0. The van der Waals surface area contributed by atoms with Gasteiger partial charge in [0.05, 0.1) is 0 Å². The van der Waals surface area contributed by atoms with Crippen LogP contribution in [0, 0.1) is 0 Å². The van der Waals surface area contributed by atoms with Crippen LogP contribution in [0.3, 0.4) is 0 Å². The molecule has 0 aromatic heterocycles. The third-order valence-electron chi connectivity index (χ3n) is 0. The second kappa shape index (κ2) is 14.6. The zero-order chi connectivity index (χ0) is 13.5. The molecular weight excluding hydrogens is 456 g/mol. The Balaban J connectivity index is -0.0000000277. The summed E-state index contributed by atoms with van der Waals surface area (Å²) in [4.78, 5) is 0. The molecule has 0 saturated heterocycles. The summed E-state index contributed by atoms with van der Waals surface area (Å²) in [6.45, 7) is 0. The van der Waals surface area contributed by atoms with E-state index in [1.807, 2.05) is 0 Å². The smallest absolute Gasteiger partial charge is 0.759 e. The predicted molar refractivity (Wildman–Crippen MR) is 31.4 cm³/mol. The zero-order valence-corrected chi connectivity index (χ0v) is 12.9. The number of rotatable bonds is 0. The van der Waals surface area contributed by atoms with Crippen molar-refractivity contribution < 1.29 is 104 Å². The molecular formula is Fe3O12S3. The van der Waals surface area contributed by atoms with Gasteiger partial charge in [0, 0.05) is 48.3 Å². The van der Waals surface area contributed by atoms with E-state index < -0.39 is 31.2 Å². The third-order valence-corrected chi connectivity index (χ3v) is 0. The van der Waals surface area contributed by atoms with Crippen molar-refractivity contribution in [2.75, 3.05) is 0 Å². The molecule has 0 aliphatic heterocycles. The molecule has 0 saturated carbocycles. The maximum absolute atomic E-state index is 8.52. The SMILES string of the molecule is O=S(=O)([O-])[O-].O=S(=O)([O-])[O-].O=S(=O)([O-])[O-].[Fe+3].[Fe+3].[Fe]. The molecule has 0 amide bonds. The average Bonchev–Trinajstić information content (AvgIpc) is 1.41. The van der Waals surface area contributed by atoms with E-state index in [2.05, 4.69) is 0 Å². The molecule has 0 aliphatic carbocycles. The average molecular weight is 456 g/mol. The van der Waals surface area contributed by atoms with Gasteiger partial charge in [0.25, 0.3) is 0 Å². The van der Waals surface area contributed by atoms with Gasteiger partial charge >= 0.3 is 34.1 Å². The first-order valence-corrected chi connectivity index (χ1v) is 6.00. The van der Waals surface area contributed by atoms with Crippen molar-refractivity contribution in [3.8, 4) is 0 Å². The number of hydrogen-bond donors (Lipinski definition) is 0. The zero-order valence-electron chi connectivity index (χ0n) is 7.18.